The van der Waals surface area contributed by atoms with Gasteiger partial charge < -0.3 is 11.1 Å². The lowest BCUT2D eigenvalue weighted by Crippen LogP contribution is -2.62. The average molecular weight is 268 g/mol. The van der Waals surface area contributed by atoms with Gasteiger partial charge in [-0.1, -0.05) is 19.3 Å². The van der Waals surface area contributed by atoms with Gasteiger partial charge >= 0.3 is 6.03 Å². The van der Waals surface area contributed by atoms with Crippen LogP contribution in [0.15, 0.2) is 0 Å². The zero-order valence-electron chi connectivity index (χ0n) is 11.4. The van der Waals surface area contributed by atoms with Gasteiger partial charge in [0.1, 0.15) is 0 Å². The van der Waals surface area contributed by atoms with Gasteiger partial charge in [-0.15, -0.1) is 0 Å². The van der Waals surface area contributed by atoms with Crippen molar-refractivity contribution in [2.75, 3.05) is 26.2 Å². The molecule has 0 bridgehead atoms. The van der Waals surface area contributed by atoms with Gasteiger partial charge in [0, 0.05) is 38.1 Å². The monoisotopic (exact) mass is 268 g/mol. The molecule has 3 amide bonds. The molecule has 0 aromatic rings. The fourth-order valence-electron chi connectivity index (χ4n) is 3.37. The van der Waals surface area contributed by atoms with Crippen molar-refractivity contribution in [2.24, 2.45) is 5.73 Å². The van der Waals surface area contributed by atoms with E-state index in [0.29, 0.717) is 13.0 Å². The number of primary amides is 1. The summed E-state index contributed by atoms with van der Waals surface area (Å²) in [5.41, 5.74) is 5.17. The summed E-state index contributed by atoms with van der Waals surface area (Å²) in [5, 5.41) is 5.61. The Morgan fingerprint density at radius 3 is 2.68 bits per heavy atom. The number of rotatable bonds is 3. The summed E-state index contributed by atoms with van der Waals surface area (Å²) in [6.07, 6.45) is 6.61. The molecular formula is C13H24N4O2. The smallest absolute Gasteiger partial charge is 0.318 e. The summed E-state index contributed by atoms with van der Waals surface area (Å²) in [6.45, 7) is 3.67. The first-order valence-electron chi connectivity index (χ1n) is 7.17. The highest BCUT2D eigenvalue weighted by molar-refractivity contribution is 5.93. The van der Waals surface area contributed by atoms with Gasteiger partial charge in [0.25, 0.3) is 0 Å². The second kappa shape index (κ2) is 6.34. The van der Waals surface area contributed by atoms with E-state index in [9.17, 15) is 9.59 Å². The second-order valence-electron chi connectivity index (χ2n) is 5.61. The van der Waals surface area contributed by atoms with Crippen molar-refractivity contribution in [1.29, 1.82) is 0 Å². The first kappa shape index (κ1) is 14.3. The molecule has 2 fully saturated rings. The van der Waals surface area contributed by atoms with E-state index >= 15 is 0 Å². The van der Waals surface area contributed by atoms with Gasteiger partial charge in [0.15, 0.2) is 0 Å². The van der Waals surface area contributed by atoms with Crippen molar-refractivity contribution >= 4 is 11.9 Å². The summed E-state index contributed by atoms with van der Waals surface area (Å²) in [6, 6.07) is -0.766. The highest BCUT2D eigenvalue weighted by atomic mass is 16.2. The Morgan fingerprint density at radius 1 is 1.26 bits per heavy atom. The number of nitrogens with zero attached hydrogens (tertiary/aromatic N) is 1. The topological polar surface area (TPSA) is 87.5 Å². The quantitative estimate of drug-likeness (QED) is 0.681. The third-order valence-corrected chi connectivity index (χ3v) is 4.34. The molecule has 1 aliphatic heterocycles. The normalized spacial score (nSPS) is 23.2. The fraction of sp³-hybridized carbons (Fsp3) is 0.846. The van der Waals surface area contributed by atoms with E-state index in [1.807, 2.05) is 0 Å². The van der Waals surface area contributed by atoms with Crippen LogP contribution in [0.1, 0.15) is 38.5 Å². The van der Waals surface area contributed by atoms with Crippen LogP contribution in [0.3, 0.4) is 0 Å². The molecule has 19 heavy (non-hydrogen) atoms. The molecule has 0 atom stereocenters. The molecule has 1 saturated heterocycles. The van der Waals surface area contributed by atoms with Crippen molar-refractivity contribution in [3.05, 3.63) is 0 Å². The van der Waals surface area contributed by atoms with Crippen LogP contribution in [0, 0.1) is 0 Å². The summed E-state index contributed by atoms with van der Waals surface area (Å²) >= 11 is 0. The molecule has 0 aromatic heterocycles. The minimum absolute atomic E-state index is 0.226. The Balaban J connectivity index is 1.89. The summed E-state index contributed by atoms with van der Waals surface area (Å²) < 4.78 is 0. The molecule has 6 heteroatoms. The van der Waals surface area contributed by atoms with Crippen LogP contribution in [0.2, 0.25) is 0 Å². The Hall–Kier alpha value is -1.14. The number of hydrogen-bond acceptors (Lipinski definition) is 4. The zero-order chi connectivity index (χ0) is 13.7. The van der Waals surface area contributed by atoms with Gasteiger partial charge in [-0.2, -0.15) is 0 Å². The van der Waals surface area contributed by atoms with Crippen molar-refractivity contribution in [3.63, 3.8) is 0 Å². The maximum atomic E-state index is 11.5. The summed E-state index contributed by atoms with van der Waals surface area (Å²) in [4.78, 5) is 24.6. The largest absolute Gasteiger partial charge is 0.351 e. The fourth-order valence-corrected chi connectivity index (χ4v) is 3.37. The summed E-state index contributed by atoms with van der Waals surface area (Å²) in [5.74, 6) is -0.281. The molecule has 0 aromatic carbocycles. The number of carbonyl (C=O) groups is 2. The first-order chi connectivity index (χ1) is 9.12. The van der Waals surface area contributed by atoms with E-state index in [2.05, 4.69) is 15.5 Å². The zero-order valence-corrected chi connectivity index (χ0v) is 11.4. The lowest BCUT2D eigenvalue weighted by molar-refractivity contribution is -0.120. The van der Waals surface area contributed by atoms with E-state index in [4.69, 9.17) is 5.73 Å². The number of carbonyl (C=O) groups excluding carboxylic acids is 2. The SMILES string of the molecule is NC(=O)NC(=O)CCN1CCNCC12CCCCC2. The molecule has 1 heterocycles. The van der Waals surface area contributed by atoms with Crippen LogP contribution in [-0.4, -0.2) is 48.6 Å². The molecule has 1 saturated carbocycles. The summed E-state index contributed by atoms with van der Waals surface area (Å²) in [7, 11) is 0. The molecule has 0 unspecified atom stereocenters. The van der Waals surface area contributed by atoms with Crippen LogP contribution in [-0.2, 0) is 4.79 Å². The van der Waals surface area contributed by atoms with Gasteiger partial charge in [-0.05, 0) is 12.8 Å². The molecular weight excluding hydrogens is 244 g/mol. The van der Waals surface area contributed by atoms with Gasteiger partial charge in [0.05, 0.1) is 0 Å². The minimum Gasteiger partial charge on any atom is -0.351 e. The Labute approximate surface area is 114 Å². The molecule has 2 aliphatic rings. The number of amides is 3. The molecule has 1 spiro atoms. The molecule has 1 aliphatic carbocycles. The third kappa shape index (κ3) is 3.67. The number of hydrogen-bond donors (Lipinski definition) is 3. The Morgan fingerprint density at radius 2 is 2.00 bits per heavy atom. The molecule has 108 valence electrons. The van der Waals surface area contributed by atoms with E-state index in [0.717, 1.165) is 19.6 Å². The van der Waals surface area contributed by atoms with Crippen molar-refractivity contribution in [1.82, 2.24) is 15.5 Å². The average Bonchev–Trinajstić information content (AvgIpc) is 2.38. The predicted octanol–water partition coefficient (Wildman–Crippen LogP) is 0.179. The Kier molecular flexibility index (Phi) is 4.76. The minimum atomic E-state index is -0.766. The Bertz CT molecular complexity index is 331. The number of nitrogens with two attached hydrogens (primary N) is 1. The van der Waals surface area contributed by atoms with Crippen molar-refractivity contribution < 1.29 is 9.59 Å². The van der Waals surface area contributed by atoms with Crippen LogP contribution < -0.4 is 16.4 Å². The highest BCUT2D eigenvalue weighted by Gasteiger charge is 2.39. The van der Waals surface area contributed by atoms with Gasteiger partial charge in [-0.25, -0.2) is 4.79 Å². The number of imide groups is 1. The van der Waals surface area contributed by atoms with Gasteiger partial charge in [-0.3, -0.25) is 15.0 Å². The number of urea groups is 1. The predicted molar refractivity (Wildman–Crippen MR) is 72.6 cm³/mol. The lowest BCUT2D eigenvalue weighted by atomic mass is 9.79. The van der Waals surface area contributed by atoms with Crippen LogP contribution in [0.4, 0.5) is 4.79 Å². The highest BCUT2D eigenvalue weighted by Crippen LogP contribution is 2.34. The molecule has 2 rings (SSSR count). The maximum Gasteiger partial charge on any atom is 0.318 e. The van der Waals surface area contributed by atoms with E-state index in [1.165, 1.54) is 32.1 Å². The first-order valence-corrected chi connectivity index (χ1v) is 7.17. The van der Waals surface area contributed by atoms with E-state index in [-0.39, 0.29) is 11.4 Å². The van der Waals surface area contributed by atoms with Gasteiger partial charge in [0.2, 0.25) is 5.91 Å². The van der Waals surface area contributed by atoms with Crippen LogP contribution >= 0.6 is 0 Å². The molecule has 6 nitrogen and oxygen atoms in total. The number of piperazine rings is 1. The van der Waals surface area contributed by atoms with Crippen molar-refractivity contribution in [3.8, 4) is 0 Å². The third-order valence-electron chi connectivity index (χ3n) is 4.34. The number of nitrogens with one attached hydrogen (secondary N) is 2. The molecule has 0 radical (unpaired) electrons. The maximum absolute atomic E-state index is 11.5. The van der Waals surface area contributed by atoms with E-state index in [1.54, 1.807) is 0 Å². The second-order valence-corrected chi connectivity index (χ2v) is 5.61. The van der Waals surface area contributed by atoms with Crippen LogP contribution in [0.25, 0.3) is 0 Å². The standard InChI is InChI=1S/C13H24N4O2/c14-12(19)16-11(18)4-8-17-9-7-15-10-13(17)5-2-1-3-6-13/h15H,1-10H2,(H3,14,16,18,19). The molecule has 4 N–H and O–H groups in total. The van der Waals surface area contributed by atoms with E-state index < -0.39 is 6.03 Å². The van der Waals surface area contributed by atoms with Crippen LogP contribution in [0.5, 0.6) is 0 Å². The van der Waals surface area contributed by atoms with Crippen molar-refractivity contribution in [2.45, 2.75) is 44.1 Å². The lowest BCUT2D eigenvalue weighted by Gasteiger charge is -2.50.